The van der Waals surface area contributed by atoms with Crippen molar-refractivity contribution in [1.82, 2.24) is 19.8 Å². The minimum atomic E-state index is -2.89. The lowest BCUT2D eigenvalue weighted by molar-refractivity contribution is -0.119. The number of ketones is 2. The summed E-state index contributed by atoms with van der Waals surface area (Å²) in [6.45, 7) is 12.6. The molecule has 0 radical (unpaired) electrons. The topological polar surface area (TPSA) is 174 Å². The van der Waals surface area contributed by atoms with Gasteiger partial charge < -0.3 is 47.7 Å². The fourth-order valence-electron chi connectivity index (χ4n) is 10.8. The van der Waals surface area contributed by atoms with Crippen LogP contribution in [-0.4, -0.2) is 130 Å². The van der Waals surface area contributed by atoms with Crippen molar-refractivity contribution >= 4 is 66.4 Å². The van der Waals surface area contributed by atoms with Crippen LogP contribution in [0.4, 0.5) is 0 Å². The zero-order valence-electron chi connectivity index (χ0n) is 46.8. The van der Waals surface area contributed by atoms with Gasteiger partial charge in [0.25, 0.3) is 0 Å². The lowest BCUT2D eigenvalue weighted by atomic mass is 9.83. The Morgan fingerprint density at radius 1 is 0.585 bits per heavy atom. The molecule has 2 saturated heterocycles. The summed E-state index contributed by atoms with van der Waals surface area (Å²) in [5.74, 6) is 7.61. The molecule has 6 heterocycles. The predicted molar refractivity (Wildman–Crippen MR) is 315 cm³/mol. The Morgan fingerprint density at radius 2 is 1.01 bits per heavy atom. The van der Waals surface area contributed by atoms with E-state index in [0.717, 1.165) is 81.2 Å². The van der Waals surface area contributed by atoms with Crippen LogP contribution < -0.4 is 37.9 Å². The fraction of sp³-hybridized carbons (Fsp3) is 0.492. The Bertz CT molecular complexity index is 3400. The molecule has 4 aromatic carbocycles. The van der Waals surface area contributed by atoms with Gasteiger partial charge in [-0.05, 0) is 129 Å². The number of aromatic nitrogens is 2. The summed E-state index contributed by atoms with van der Waals surface area (Å²) in [6.07, 6.45) is 14.1. The van der Waals surface area contributed by atoms with Gasteiger partial charge in [-0.25, -0.2) is 8.42 Å². The van der Waals surface area contributed by atoms with E-state index in [1.54, 1.807) is 30.6 Å². The van der Waals surface area contributed by atoms with Gasteiger partial charge in [-0.2, -0.15) is 0 Å². The molecule has 2 saturated carbocycles. The van der Waals surface area contributed by atoms with Crippen molar-refractivity contribution in [3.05, 3.63) is 94.2 Å². The molecule has 0 bridgehead atoms. The number of nitrogens with zero attached hydrogens (tertiary/aromatic N) is 4. The minimum absolute atomic E-state index is 0.212. The summed E-state index contributed by atoms with van der Waals surface area (Å²) >= 11 is 13.1. The van der Waals surface area contributed by atoms with E-state index in [2.05, 4.69) is 33.6 Å². The monoisotopic (exact) mass is 1180 g/mol. The highest BCUT2D eigenvalue weighted by Gasteiger charge is 2.30. The molecule has 4 aliphatic heterocycles. The van der Waals surface area contributed by atoms with E-state index in [9.17, 15) is 18.0 Å². The first-order valence-electron chi connectivity index (χ1n) is 29.0. The molecule has 2 aromatic heterocycles. The number of rotatable bonds is 22. The second-order valence-corrected chi connectivity index (χ2v) is 26.3. The average Bonchev–Trinajstić information content (AvgIpc) is 3.77. The van der Waals surface area contributed by atoms with E-state index in [1.165, 1.54) is 12.8 Å². The molecular formula is C63H72Cl2N4O12S. The number of piperidine rings is 1. The maximum Gasteiger partial charge on any atom is 0.204 e. The van der Waals surface area contributed by atoms with Crippen molar-refractivity contribution < 1.29 is 55.9 Å². The van der Waals surface area contributed by atoms with Crippen LogP contribution in [0, 0.1) is 17.3 Å². The van der Waals surface area contributed by atoms with Gasteiger partial charge in [0.1, 0.15) is 61.0 Å². The van der Waals surface area contributed by atoms with Gasteiger partial charge in [-0.3, -0.25) is 19.6 Å². The maximum absolute atomic E-state index is 12.3. The molecule has 6 aliphatic rings. The van der Waals surface area contributed by atoms with Crippen LogP contribution >= 0.6 is 23.2 Å². The molecule has 2 aliphatic carbocycles. The SMILES string of the molecule is CC1(C)CCN(CCCOc2cc3nccc(Oc4ccc(CC(=O)CC5CC5)c(Cl)c4)c3c3c2OCCO3)CC1.O=C(Cc1ccc(Oc2ccnc3cc(OCCCN4CCS(=O)(=O)CC4)c4c(c23)OCCO4)cc1Cl)CC1CC1. The smallest absolute Gasteiger partial charge is 0.204 e. The number of likely N-dealkylation sites (tertiary alicyclic amines) is 1. The number of fused-ring (bicyclic) bond motifs is 6. The Morgan fingerprint density at radius 3 is 1.44 bits per heavy atom. The van der Waals surface area contributed by atoms with E-state index < -0.39 is 9.84 Å². The third kappa shape index (κ3) is 15.0. The van der Waals surface area contributed by atoms with Crippen LogP contribution in [0.3, 0.4) is 0 Å². The number of hydrogen-bond donors (Lipinski definition) is 0. The fourth-order valence-corrected chi connectivity index (χ4v) is 12.6. The zero-order chi connectivity index (χ0) is 56.8. The van der Waals surface area contributed by atoms with Crippen molar-refractivity contribution in [2.24, 2.45) is 17.3 Å². The molecule has 0 amide bonds. The first-order valence-corrected chi connectivity index (χ1v) is 31.6. The molecule has 19 heteroatoms. The summed E-state index contributed by atoms with van der Waals surface area (Å²) in [5, 5.41) is 2.42. The average molecular weight is 1180 g/mol. The molecule has 16 nitrogen and oxygen atoms in total. The number of hydrogen-bond acceptors (Lipinski definition) is 16. The van der Waals surface area contributed by atoms with Gasteiger partial charge in [0.15, 0.2) is 32.8 Å². The summed E-state index contributed by atoms with van der Waals surface area (Å²) in [5.41, 5.74) is 3.41. The van der Waals surface area contributed by atoms with Gasteiger partial charge in [0, 0.05) is 86.4 Å². The third-order valence-corrected chi connectivity index (χ3v) is 18.3. The summed E-state index contributed by atoms with van der Waals surface area (Å²) in [7, 11) is -2.89. The van der Waals surface area contributed by atoms with E-state index >= 15 is 0 Å². The molecule has 0 atom stereocenters. The van der Waals surface area contributed by atoms with E-state index in [0.29, 0.717) is 180 Å². The van der Waals surface area contributed by atoms with Crippen molar-refractivity contribution in [2.75, 3.05) is 90.4 Å². The summed E-state index contributed by atoms with van der Waals surface area (Å²) in [4.78, 5) is 38.5. The third-order valence-electron chi connectivity index (χ3n) is 16.0. The Hall–Kier alpha value is -6.11. The molecule has 0 spiro atoms. The van der Waals surface area contributed by atoms with Crippen LogP contribution in [0.1, 0.15) is 89.2 Å². The van der Waals surface area contributed by atoms with Crippen LogP contribution in [0.15, 0.2) is 73.1 Å². The van der Waals surface area contributed by atoms with Crippen molar-refractivity contribution in [1.29, 1.82) is 0 Å². The molecule has 0 unspecified atom stereocenters. The molecule has 6 aromatic rings. The first-order chi connectivity index (χ1) is 39.7. The molecule has 82 heavy (non-hydrogen) atoms. The van der Waals surface area contributed by atoms with E-state index in [-0.39, 0.29) is 23.1 Å². The van der Waals surface area contributed by atoms with E-state index in [4.69, 9.17) is 61.1 Å². The molecule has 4 fully saturated rings. The zero-order valence-corrected chi connectivity index (χ0v) is 49.1. The van der Waals surface area contributed by atoms with Crippen molar-refractivity contribution in [3.63, 3.8) is 0 Å². The highest BCUT2D eigenvalue weighted by atomic mass is 35.5. The molecular weight excluding hydrogens is 1110 g/mol. The van der Waals surface area contributed by atoms with Crippen LogP contribution in [0.5, 0.6) is 57.5 Å². The molecule has 12 rings (SSSR count). The van der Waals surface area contributed by atoms with E-state index in [1.807, 2.05) is 42.5 Å². The number of halogens is 2. The Balaban J connectivity index is 0.000000172. The first kappa shape index (κ1) is 57.7. The Labute approximate surface area is 489 Å². The van der Waals surface area contributed by atoms with Crippen molar-refractivity contribution in [3.8, 4) is 57.5 Å². The number of ether oxygens (including phenoxy) is 8. The molecule has 0 N–H and O–H groups in total. The number of Topliss-reactive ketones (excluding diaryl/α,β-unsaturated/α-hetero) is 2. The number of carbonyl (C=O) groups is 2. The number of carbonyl (C=O) groups excluding carboxylic acids is 2. The maximum atomic E-state index is 12.3. The Kier molecular flexibility index (Phi) is 18.2. The van der Waals surface area contributed by atoms with Gasteiger partial charge in [-0.1, -0.05) is 49.2 Å². The second-order valence-electron chi connectivity index (χ2n) is 23.2. The standard InChI is InChI=1S/C33H39ClN2O5.C30H33ClN2O7S/c1-33(2)9-13-36(14-10-33)12-3-15-38-29-21-27-30(32-31(29)39-16-17-40-32)28(8-11-35-27)41-25-7-6-23(26(34)20-25)19-24(37)18-22-4-5-22;31-24-18-23(5-4-21(24)17-22(34)16-20-2-3-20)40-26-6-7-32-25-19-27(29-30(28(25)26)39-13-12-38-29)37-11-1-8-33-9-14-41(35,36)15-10-33/h6-8,11,20-22H,3-5,9-10,12-19H2,1-2H3;4-7,18-20H,1-3,8-17H2. The lowest BCUT2D eigenvalue weighted by Gasteiger charge is -2.36. The van der Waals surface area contributed by atoms with Gasteiger partial charge in [0.2, 0.25) is 11.5 Å². The van der Waals surface area contributed by atoms with Crippen LogP contribution in [0.2, 0.25) is 10.0 Å². The number of pyridine rings is 2. The summed E-state index contributed by atoms with van der Waals surface area (Å²) < 4.78 is 72.4. The number of benzene rings is 4. The lowest BCUT2D eigenvalue weighted by Crippen LogP contribution is -2.40. The quantitative estimate of drug-likeness (QED) is 0.0587. The molecule has 436 valence electrons. The van der Waals surface area contributed by atoms with Gasteiger partial charge in [-0.15, -0.1) is 0 Å². The highest BCUT2D eigenvalue weighted by molar-refractivity contribution is 7.91. The summed E-state index contributed by atoms with van der Waals surface area (Å²) in [6, 6.07) is 18.2. The minimum Gasteiger partial charge on any atom is -0.489 e. The predicted octanol–water partition coefficient (Wildman–Crippen LogP) is 12.1. The van der Waals surface area contributed by atoms with Crippen LogP contribution in [-0.2, 0) is 32.3 Å². The van der Waals surface area contributed by atoms with Gasteiger partial charge in [0.05, 0.1) is 46.5 Å². The highest BCUT2D eigenvalue weighted by Crippen LogP contribution is 2.50. The number of sulfone groups is 1. The van der Waals surface area contributed by atoms with Gasteiger partial charge >= 0.3 is 0 Å². The van der Waals surface area contributed by atoms with Crippen LogP contribution in [0.25, 0.3) is 21.8 Å². The van der Waals surface area contributed by atoms with Crippen molar-refractivity contribution in [2.45, 2.75) is 90.9 Å². The largest absolute Gasteiger partial charge is 0.489 e. The second kappa shape index (κ2) is 25.8. The normalized spacial score (nSPS) is 18.3.